The van der Waals surface area contributed by atoms with Crippen LogP contribution in [0.5, 0.6) is 0 Å². The second-order valence-corrected chi connectivity index (χ2v) is 5.50. The molecule has 1 aromatic rings. The lowest BCUT2D eigenvalue weighted by atomic mass is 10.0. The van der Waals surface area contributed by atoms with Gasteiger partial charge in [0.1, 0.15) is 0 Å². The Balaban J connectivity index is 1.98. The molecule has 1 unspecified atom stereocenters. The van der Waals surface area contributed by atoms with Crippen molar-refractivity contribution < 1.29 is 10.0 Å². The topological polar surface area (TPSA) is 87.7 Å². The van der Waals surface area contributed by atoms with E-state index in [1.807, 2.05) is 32.0 Å². The predicted octanol–water partition coefficient (Wildman–Crippen LogP) is 1.49. The molecule has 1 aliphatic carbocycles. The standard InChI is InChI=1S/C15H21N3O2/c1-9-3-4-11(7-10(9)2)8-13(19)17-14(12-5-6-12)15(16)18-20/h3-4,7,12,14,20H,5-6,8H2,1-2H3,(H2,16,18)(H,17,19). The zero-order chi connectivity index (χ0) is 14.7. The van der Waals surface area contributed by atoms with Crippen LogP contribution in [0.2, 0.25) is 0 Å². The zero-order valence-corrected chi connectivity index (χ0v) is 11.9. The molecule has 1 atom stereocenters. The van der Waals surface area contributed by atoms with Gasteiger partial charge >= 0.3 is 0 Å². The van der Waals surface area contributed by atoms with E-state index in [4.69, 9.17) is 10.9 Å². The summed E-state index contributed by atoms with van der Waals surface area (Å²) in [4.78, 5) is 12.1. The van der Waals surface area contributed by atoms with Gasteiger partial charge in [-0.15, -0.1) is 0 Å². The molecule has 0 radical (unpaired) electrons. The number of benzene rings is 1. The predicted molar refractivity (Wildman–Crippen MR) is 77.7 cm³/mol. The first kappa shape index (κ1) is 14.4. The first-order valence-electron chi connectivity index (χ1n) is 6.84. The summed E-state index contributed by atoms with van der Waals surface area (Å²) >= 11 is 0. The molecule has 1 aromatic carbocycles. The third-order valence-corrected chi connectivity index (χ3v) is 3.78. The van der Waals surface area contributed by atoms with Crippen molar-refractivity contribution >= 4 is 11.7 Å². The Kier molecular flexibility index (Phi) is 4.27. The highest BCUT2D eigenvalue weighted by atomic mass is 16.4. The number of rotatable bonds is 5. The number of hydrogen-bond acceptors (Lipinski definition) is 3. The van der Waals surface area contributed by atoms with Crippen molar-refractivity contribution in [1.82, 2.24) is 5.32 Å². The number of nitrogens with zero attached hydrogens (tertiary/aromatic N) is 1. The van der Waals surface area contributed by atoms with Crippen LogP contribution in [-0.4, -0.2) is 23.0 Å². The van der Waals surface area contributed by atoms with Crippen LogP contribution in [0.15, 0.2) is 23.4 Å². The van der Waals surface area contributed by atoms with Crippen LogP contribution < -0.4 is 11.1 Å². The van der Waals surface area contributed by atoms with Gasteiger partial charge in [0.05, 0.1) is 12.5 Å². The molecule has 0 bridgehead atoms. The number of nitrogens with two attached hydrogens (primary N) is 1. The lowest BCUT2D eigenvalue weighted by molar-refractivity contribution is -0.120. The van der Waals surface area contributed by atoms with Gasteiger partial charge in [-0.3, -0.25) is 4.79 Å². The van der Waals surface area contributed by atoms with Crippen molar-refractivity contribution in [2.75, 3.05) is 0 Å². The number of oxime groups is 1. The maximum Gasteiger partial charge on any atom is 0.225 e. The van der Waals surface area contributed by atoms with Gasteiger partial charge in [-0.25, -0.2) is 0 Å². The lowest BCUT2D eigenvalue weighted by Gasteiger charge is -2.16. The number of amides is 1. The molecular weight excluding hydrogens is 254 g/mol. The van der Waals surface area contributed by atoms with Crippen LogP contribution in [-0.2, 0) is 11.2 Å². The highest BCUT2D eigenvalue weighted by molar-refractivity contribution is 5.91. The monoisotopic (exact) mass is 275 g/mol. The molecule has 5 heteroatoms. The van der Waals surface area contributed by atoms with Gasteiger partial charge in [0.2, 0.25) is 5.91 Å². The average Bonchev–Trinajstić information content (AvgIpc) is 3.24. The van der Waals surface area contributed by atoms with Gasteiger partial charge in [-0.05, 0) is 49.3 Å². The van der Waals surface area contributed by atoms with E-state index < -0.39 is 0 Å². The second-order valence-electron chi connectivity index (χ2n) is 5.50. The molecule has 1 aliphatic rings. The summed E-state index contributed by atoms with van der Waals surface area (Å²) in [6.07, 6.45) is 2.32. The van der Waals surface area contributed by atoms with Crippen LogP contribution in [0.3, 0.4) is 0 Å². The van der Waals surface area contributed by atoms with Gasteiger partial charge in [0.15, 0.2) is 5.84 Å². The number of aryl methyl sites for hydroxylation is 2. The molecule has 1 fully saturated rings. The molecule has 0 heterocycles. The first-order chi connectivity index (χ1) is 9.51. The van der Waals surface area contributed by atoms with Crippen LogP contribution in [0, 0.1) is 19.8 Å². The molecule has 5 nitrogen and oxygen atoms in total. The van der Waals surface area contributed by atoms with Gasteiger partial charge in [-0.1, -0.05) is 23.4 Å². The molecule has 0 spiro atoms. The van der Waals surface area contributed by atoms with E-state index in [-0.39, 0.29) is 17.8 Å². The highest BCUT2D eigenvalue weighted by Gasteiger charge is 2.35. The van der Waals surface area contributed by atoms with Gasteiger partial charge < -0.3 is 16.3 Å². The van der Waals surface area contributed by atoms with E-state index in [9.17, 15) is 4.79 Å². The van der Waals surface area contributed by atoms with Gasteiger partial charge in [-0.2, -0.15) is 0 Å². The summed E-state index contributed by atoms with van der Waals surface area (Å²) in [5.74, 6) is 0.285. The van der Waals surface area contributed by atoms with Crippen LogP contribution in [0.1, 0.15) is 29.5 Å². The minimum Gasteiger partial charge on any atom is -0.409 e. The third kappa shape index (κ3) is 3.50. The van der Waals surface area contributed by atoms with E-state index in [1.54, 1.807) is 0 Å². The normalized spacial score (nSPS) is 16.8. The zero-order valence-electron chi connectivity index (χ0n) is 11.9. The molecule has 108 valence electrons. The van der Waals surface area contributed by atoms with E-state index >= 15 is 0 Å². The van der Waals surface area contributed by atoms with Crippen molar-refractivity contribution in [3.8, 4) is 0 Å². The number of carbonyl (C=O) groups excluding carboxylic acids is 1. The molecule has 0 aliphatic heterocycles. The Labute approximate surface area is 118 Å². The molecule has 20 heavy (non-hydrogen) atoms. The van der Waals surface area contributed by atoms with Gasteiger partial charge in [0.25, 0.3) is 0 Å². The molecule has 0 saturated heterocycles. The van der Waals surface area contributed by atoms with Crippen molar-refractivity contribution in [2.45, 2.75) is 39.2 Å². The number of hydrogen-bond donors (Lipinski definition) is 3. The third-order valence-electron chi connectivity index (χ3n) is 3.78. The second kappa shape index (κ2) is 5.94. The minimum absolute atomic E-state index is 0.0842. The number of carbonyl (C=O) groups is 1. The van der Waals surface area contributed by atoms with Crippen molar-refractivity contribution in [3.05, 3.63) is 34.9 Å². The molecular formula is C15H21N3O2. The van der Waals surface area contributed by atoms with E-state index in [0.29, 0.717) is 12.3 Å². The minimum atomic E-state index is -0.348. The van der Waals surface area contributed by atoms with Crippen molar-refractivity contribution in [2.24, 2.45) is 16.8 Å². The molecule has 4 N–H and O–H groups in total. The fourth-order valence-corrected chi connectivity index (χ4v) is 2.25. The quantitative estimate of drug-likeness (QED) is 0.329. The number of amidine groups is 1. The van der Waals surface area contributed by atoms with Crippen molar-refractivity contribution in [3.63, 3.8) is 0 Å². The van der Waals surface area contributed by atoms with Gasteiger partial charge in [0, 0.05) is 0 Å². The highest BCUT2D eigenvalue weighted by Crippen LogP contribution is 2.32. The molecule has 1 amide bonds. The summed E-state index contributed by atoms with van der Waals surface area (Å²) in [7, 11) is 0. The Morgan fingerprint density at radius 3 is 2.70 bits per heavy atom. The fourth-order valence-electron chi connectivity index (χ4n) is 2.25. The smallest absolute Gasteiger partial charge is 0.225 e. The van der Waals surface area contributed by atoms with E-state index in [0.717, 1.165) is 18.4 Å². The summed E-state index contributed by atoms with van der Waals surface area (Å²) in [5.41, 5.74) is 8.98. The molecule has 2 rings (SSSR count). The summed E-state index contributed by atoms with van der Waals surface area (Å²) < 4.78 is 0. The van der Waals surface area contributed by atoms with Crippen LogP contribution in [0.4, 0.5) is 0 Å². The largest absolute Gasteiger partial charge is 0.409 e. The van der Waals surface area contributed by atoms with E-state index in [1.165, 1.54) is 11.1 Å². The Morgan fingerprint density at radius 2 is 2.15 bits per heavy atom. The Morgan fingerprint density at radius 1 is 1.45 bits per heavy atom. The molecule has 1 saturated carbocycles. The lowest BCUT2D eigenvalue weighted by Crippen LogP contribution is -2.46. The SMILES string of the molecule is Cc1ccc(CC(=O)NC(C(N)=NO)C2CC2)cc1C. The Bertz CT molecular complexity index is 536. The maximum absolute atomic E-state index is 12.1. The molecule has 0 aromatic heterocycles. The number of nitrogens with one attached hydrogen (secondary N) is 1. The van der Waals surface area contributed by atoms with Crippen LogP contribution >= 0.6 is 0 Å². The summed E-state index contributed by atoms with van der Waals surface area (Å²) in [6.45, 7) is 4.07. The van der Waals surface area contributed by atoms with E-state index in [2.05, 4.69) is 10.5 Å². The van der Waals surface area contributed by atoms with Crippen LogP contribution in [0.25, 0.3) is 0 Å². The maximum atomic E-state index is 12.1. The van der Waals surface area contributed by atoms with Crippen molar-refractivity contribution in [1.29, 1.82) is 0 Å². The fraction of sp³-hybridized carbons (Fsp3) is 0.467. The first-order valence-corrected chi connectivity index (χ1v) is 6.84. The summed E-state index contributed by atoms with van der Waals surface area (Å²) in [6, 6.07) is 5.64. The summed E-state index contributed by atoms with van der Waals surface area (Å²) in [5, 5.41) is 14.6. The average molecular weight is 275 g/mol. The Hall–Kier alpha value is -2.04.